The quantitative estimate of drug-likeness (QED) is 0.481. The molecule has 33 heavy (non-hydrogen) atoms. The second-order valence-electron chi connectivity index (χ2n) is 10.2. The Balaban J connectivity index is 1.96. The van der Waals surface area contributed by atoms with Crippen LogP contribution < -0.4 is 14.2 Å². The Morgan fingerprint density at radius 1 is 0.879 bits per heavy atom. The van der Waals surface area contributed by atoms with Crippen molar-refractivity contribution in [2.45, 2.75) is 59.5 Å². The fourth-order valence-electron chi connectivity index (χ4n) is 4.05. The minimum absolute atomic E-state index is 0.118. The van der Waals surface area contributed by atoms with Crippen LogP contribution in [0, 0.1) is 5.41 Å². The van der Waals surface area contributed by atoms with E-state index >= 15 is 0 Å². The molecule has 2 aromatic rings. The minimum Gasteiger partial charge on any atom is -0.493 e. The lowest BCUT2D eigenvalue weighted by molar-refractivity contribution is -0.161. The maximum absolute atomic E-state index is 12.4. The molecule has 1 aliphatic rings. The Bertz CT molecular complexity index is 1050. The lowest BCUT2D eigenvalue weighted by Crippen LogP contribution is -2.36. The van der Waals surface area contributed by atoms with Gasteiger partial charge in [-0.3, -0.25) is 9.59 Å². The number of esters is 1. The van der Waals surface area contributed by atoms with Crippen LogP contribution in [0.3, 0.4) is 0 Å². The van der Waals surface area contributed by atoms with Gasteiger partial charge in [-0.15, -0.1) is 0 Å². The van der Waals surface area contributed by atoms with E-state index in [1.807, 2.05) is 65.0 Å². The van der Waals surface area contributed by atoms with Crippen LogP contribution in [0.5, 0.6) is 17.2 Å². The Labute approximate surface area is 196 Å². The lowest BCUT2D eigenvalue weighted by atomic mass is 9.92. The third kappa shape index (κ3) is 5.67. The van der Waals surface area contributed by atoms with E-state index in [1.54, 1.807) is 14.2 Å². The summed E-state index contributed by atoms with van der Waals surface area (Å²) >= 11 is 0. The highest BCUT2D eigenvalue weighted by Crippen LogP contribution is 2.46. The molecule has 0 unspecified atom stereocenters. The van der Waals surface area contributed by atoms with Crippen molar-refractivity contribution in [1.29, 1.82) is 0 Å². The molecule has 2 aromatic carbocycles. The summed E-state index contributed by atoms with van der Waals surface area (Å²) in [4.78, 5) is 24.7. The topological polar surface area (TPSA) is 71.1 Å². The summed E-state index contributed by atoms with van der Waals surface area (Å²) < 4.78 is 23.1. The minimum atomic E-state index is -0.859. The number of fused-ring (bicyclic) bond motifs is 1. The van der Waals surface area contributed by atoms with Gasteiger partial charge in [0.05, 0.1) is 20.6 Å². The van der Waals surface area contributed by atoms with Crippen LogP contribution in [0.4, 0.5) is 0 Å². The van der Waals surface area contributed by atoms with E-state index in [1.165, 1.54) is 0 Å². The fraction of sp³-hybridized carbons (Fsp3) is 0.481. The summed E-state index contributed by atoms with van der Waals surface area (Å²) in [5, 5.41) is 0. The highest BCUT2D eigenvalue weighted by atomic mass is 16.6. The number of Topliss-reactive ketones (excluding diaryl/α,β-unsaturated/α-hetero) is 1. The molecule has 6 heteroatoms. The molecule has 0 heterocycles. The largest absolute Gasteiger partial charge is 0.493 e. The van der Waals surface area contributed by atoms with E-state index in [0.717, 1.165) is 22.3 Å². The first-order chi connectivity index (χ1) is 15.5. The maximum Gasteiger partial charge on any atom is 0.306 e. The Kier molecular flexibility index (Phi) is 7.06. The first-order valence-electron chi connectivity index (χ1n) is 11.2. The van der Waals surface area contributed by atoms with Crippen molar-refractivity contribution in [3.63, 3.8) is 0 Å². The lowest BCUT2D eigenvalue weighted by Gasteiger charge is -2.28. The first-order valence-corrected chi connectivity index (χ1v) is 11.2. The second kappa shape index (κ2) is 9.46. The smallest absolute Gasteiger partial charge is 0.306 e. The Morgan fingerprint density at radius 2 is 1.58 bits per heavy atom. The van der Waals surface area contributed by atoms with Gasteiger partial charge in [0, 0.05) is 17.5 Å². The van der Waals surface area contributed by atoms with Crippen LogP contribution in [-0.4, -0.2) is 38.2 Å². The molecule has 1 aliphatic carbocycles. The number of methoxy groups -OCH3 is 2. The summed E-state index contributed by atoms with van der Waals surface area (Å²) in [6.07, 6.45) is 1.51. The summed E-state index contributed by atoms with van der Waals surface area (Å²) in [5.74, 6) is 1.36. The van der Waals surface area contributed by atoms with Gasteiger partial charge >= 0.3 is 5.97 Å². The Morgan fingerprint density at radius 3 is 2.21 bits per heavy atom. The monoisotopic (exact) mass is 454 g/mol. The molecule has 0 spiro atoms. The molecule has 0 atom stereocenters. The summed E-state index contributed by atoms with van der Waals surface area (Å²) in [5.41, 5.74) is 2.47. The number of hydrogen-bond acceptors (Lipinski definition) is 6. The molecule has 0 saturated heterocycles. The standard InChI is InChI=1S/C27H34O6/c1-26(2,3)15-23(29)33-27(4,5)16-32-24-20(12-14-22(30-6)25(24)31-7)17-9-8-10-19-18(17)11-13-21(19)28/h8-10,12,14H,11,13,15-16H2,1-7H3. The SMILES string of the molecule is COc1ccc(-c2cccc3c2CCC3=O)c(OCC(C)(C)OC(=O)CC(C)(C)C)c1OC. The molecule has 0 saturated carbocycles. The molecular weight excluding hydrogens is 420 g/mol. The maximum atomic E-state index is 12.4. The van der Waals surface area contributed by atoms with E-state index in [2.05, 4.69) is 0 Å². The first kappa shape index (κ1) is 24.6. The van der Waals surface area contributed by atoms with Crippen LogP contribution in [0.2, 0.25) is 0 Å². The molecule has 0 N–H and O–H groups in total. The second-order valence-corrected chi connectivity index (χ2v) is 10.2. The van der Waals surface area contributed by atoms with Crippen molar-refractivity contribution in [2.75, 3.05) is 20.8 Å². The summed E-state index contributed by atoms with van der Waals surface area (Å²) in [6.45, 7) is 9.74. The van der Waals surface area contributed by atoms with Gasteiger partial charge in [-0.25, -0.2) is 0 Å². The molecule has 178 valence electrons. The normalized spacial score (nSPS) is 13.5. The predicted octanol–water partition coefficient (Wildman–Crippen LogP) is 5.64. The van der Waals surface area contributed by atoms with Gasteiger partial charge in [-0.05, 0) is 48.9 Å². The molecule has 0 aromatic heterocycles. The van der Waals surface area contributed by atoms with Crippen molar-refractivity contribution in [3.05, 3.63) is 41.5 Å². The fourth-order valence-corrected chi connectivity index (χ4v) is 4.05. The van der Waals surface area contributed by atoms with Crippen molar-refractivity contribution in [3.8, 4) is 28.4 Å². The zero-order valence-corrected chi connectivity index (χ0v) is 20.7. The zero-order chi connectivity index (χ0) is 24.4. The van der Waals surface area contributed by atoms with E-state index in [0.29, 0.717) is 36.5 Å². The van der Waals surface area contributed by atoms with Crippen molar-refractivity contribution in [1.82, 2.24) is 0 Å². The molecule has 0 aliphatic heterocycles. The van der Waals surface area contributed by atoms with Gasteiger partial charge in [0.1, 0.15) is 12.2 Å². The van der Waals surface area contributed by atoms with Crippen LogP contribution in [-0.2, 0) is 16.0 Å². The van der Waals surface area contributed by atoms with E-state index in [4.69, 9.17) is 18.9 Å². The molecule has 6 nitrogen and oxygen atoms in total. The summed E-state index contributed by atoms with van der Waals surface area (Å²) in [6, 6.07) is 9.47. The van der Waals surface area contributed by atoms with Gasteiger partial charge < -0.3 is 18.9 Å². The van der Waals surface area contributed by atoms with Crippen molar-refractivity contribution in [2.24, 2.45) is 5.41 Å². The van der Waals surface area contributed by atoms with Gasteiger partial charge in [-0.1, -0.05) is 39.0 Å². The number of hydrogen-bond donors (Lipinski definition) is 0. The zero-order valence-electron chi connectivity index (χ0n) is 20.7. The van der Waals surface area contributed by atoms with Crippen LogP contribution >= 0.6 is 0 Å². The van der Waals surface area contributed by atoms with Crippen LogP contribution in [0.1, 0.15) is 63.4 Å². The molecule has 3 rings (SSSR count). The van der Waals surface area contributed by atoms with Crippen LogP contribution in [0.25, 0.3) is 11.1 Å². The molecule has 0 amide bonds. The average Bonchev–Trinajstić information content (AvgIpc) is 3.10. The third-order valence-electron chi connectivity index (χ3n) is 5.50. The Hall–Kier alpha value is -3.02. The number of benzene rings is 2. The van der Waals surface area contributed by atoms with Crippen molar-refractivity contribution < 1.29 is 28.5 Å². The molecule has 0 bridgehead atoms. The van der Waals surface area contributed by atoms with Gasteiger partial charge in [-0.2, -0.15) is 0 Å². The van der Waals surface area contributed by atoms with E-state index in [-0.39, 0.29) is 23.8 Å². The number of ether oxygens (including phenoxy) is 4. The molecule has 0 fully saturated rings. The highest BCUT2D eigenvalue weighted by molar-refractivity contribution is 6.02. The molecular formula is C27H34O6. The van der Waals surface area contributed by atoms with Crippen molar-refractivity contribution >= 4 is 11.8 Å². The number of rotatable bonds is 8. The predicted molar refractivity (Wildman–Crippen MR) is 127 cm³/mol. The van der Waals surface area contributed by atoms with E-state index < -0.39 is 5.60 Å². The summed E-state index contributed by atoms with van der Waals surface area (Å²) in [7, 11) is 3.13. The van der Waals surface area contributed by atoms with Crippen LogP contribution in [0.15, 0.2) is 30.3 Å². The molecule has 0 radical (unpaired) electrons. The number of ketones is 1. The van der Waals surface area contributed by atoms with Gasteiger partial charge in [0.15, 0.2) is 17.3 Å². The van der Waals surface area contributed by atoms with E-state index in [9.17, 15) is 9.59 Å². The third-order valence-corrected chi connectivity index (χ3v) is 5.50. The highest BCUT2D eigenvalue weighted by Gasteiger charge is 2.30. The average molecular weight is 455 g/mol. The number of carbonyl (C=O) groups excluding carboxylic acids is 2. The van der Waals surface area contributed by atoms with Gasteiger partial charge in [0.25, 0.3) is 0 Å². The number of carbonyl (C=O) groups is 2. The van der Waals surface area contributed by atoms with Gasteiger partial charge in [0.2, 0.25) is 5.75 Å².